The molecule has 1 N–H and O–H groups in total. The molecule has 15 nitrogen and oxygen atoms in total. The Hall–Kier alpha value is -2.35. The number of aliphatic hydroxyl groups is 1. The molecule has 0 amide bonds. The van der Waals surface area contributed by atoms with Crippen molar-refractivity contribution in [1.82, 2.24) is 0 Å². The van der Waals surface area contributed by atoms with Crippen molar-refractivity contribution in [2.45, 2.75) is 186 Å². The van der Waals surface area contributed by atoms with E-state index in [1.54, 1.807) is 21.3 Å². The third kappa shape index (κ3) is 12.4. The van der Waals surface area contributed by atoms with Gasteiger partial charge in [0, 0.05) is 64.8 Å². The van der Waals surface area contributed by atoms with Crippen LogP contribution in [0.2, 0.25) is 0 Å². The molecule has 7 rings (SSSR count). The summed E-state index contributed by atoms with van der Waals surface area (Å²) in [6, 6.07) is 0. The van der Waals surface area contributed by atoms with Gasteiger partial charge in [-0.2, -0.15) is 0 Å². The Morgan fingerprint density at radius 2 is 1.58 bits per heavy atom. The molecule has 1 spiro atoms. The average Bonchev–Trinajstić information content (AvgIpc) is 3.73. The SMILES string of the molecule is CCC(C)C1OC2(C=C[C@@H]1C)CC1CC(C/C=C(\C)[C@@H](O[C@H]3CC(OC)[C@@H](O[C@H]4CC(OC)C(OCOCCOC)C(C)O4)C(C)O3)[C@@H](C)/C=C/C=C3\COC4C(O)C(C)=C[C@@H](C(=O)O1)C34)O2. The highest BCUT2D eigenvalue weighted by Crippen LogP contribution is 2.45. The minimum atomic E-state index is -1.05. The first-order valence-electron chi connectivity index (χ1n) is 24.8. The number of methoxy groups -OCH3 is 3. The summed E-state index contributed by atoms with van der Waals surface area (Å²) in [7, 11) is 4.98. The van der Waals surface area contributed by atoms with Gasteiger partial charge < -0.3 is 66.7 Å². The van der Waals surface area contributed by atoms with Crippen molar-refractivity contribution in [3.63, 3.8) is 0 Å². The zero-order chi connectivity index (χ0) is 48.0. The number of carbonyl (C=O) groups is 1. The standard InChI is InChI=1S/C52H80O15/c1-12-29(2)47-32(5)18-19-52(67-47)26-38-23-37(66-52)17-16-31(4)46(30(3)14-13-15-36-27-59-50-44(36)39(51(54)63-38)22-33(6)45(50)53)64-42-25-41(57-11)49(35(8)62-42)65-43-24-40(56-10)48(34(7)61-43)60-28-58-21-20-55-9/h13-16,18-19,22,29-30,32,34-35,37-50,53H,12,17,20-21,23-28H2,1-11H3/b14-13+,31-16+,36-15+/t29?,30-,32-,34?,35?,37?,38?,39+,40?,41?,42-,43-,44?,45?,46-,47?,48?,49-,50?,52?/m0/s1. The third-order valence-electron chi connectivity index (χ3n) is 15.1. The molecule has 0 aromatic heterocycles. The summed E-state index contributed by atoms with van der Waals surface area (Å²) in [6.07, 6.45) is 11.8. The number of fused-ring (bicyclic) bond motifs is 2. The monoisotopic (exact) mass is 945 g/mol. The molecule has 13 unspecified atom stereocenters. The minimum Gasteiger partial charge on any atom is -0.462 e. The maximum Gasteiger partial charge on any atom is 0.313 e. The number of esters is 1. The van der Waals surface area contributed by atoms with E-state index >= 15 is 0 Å². The van der Waals surface area contributed by atoms with Gasteiger partial charge >= 0.3 is 5.97 Å². The predicted molar refractivity (Wildman–Crippen MR) is 247 cm³/mol. The van der Waals surface area contributed by atoms with E-state index in [2.05, 4.69) is 52.8 Å². The molecule has 4 fully saturated rings. The lowest BCUT2D eigenvalue weighted by atomic mass is 9.75. The van der Waals surface area contributed by atoms with Crippen molar-refractivity contribution in [3.05, 3.63) is 59.3 Å². The van der Waals surface area contributed by atoms with Gasteiger partial charge in [0.15, 0.2) is 18.4 Å². The molecule has 20 atom stereocenters. The van der Waals surface area contributed by atoms with E-state index < -0.39 is 54.8 Å². The van der Waals surface area contributed by atoms with E-state index in [0.29, 0.717) is 63.4 Å². The van der Waals surface area contributed by atoms with Crippen LogP contribution >= 0.6 is 0 Å². The smallest absolute Gasteiger partial charge is 0.313 e. The normalized spacial score (nSPS) is 45.3. The van der Waals surface area contributed by atoms with E-state index in [9.17, 15) is 9.90 Å². The van der Waals surface area contributed by atoms with Gasteiger partial charge in [-0.1, -0.05) is 70.6 Å². The first kappa shape index (κ1) is 52.5. The van der Waals surface area contributed by atoms with Crippen molar-refractivity contribution in [2.24, 2.45) is 29.6 Å². The molecule has 0 radical (unpaired) electrons. The molecular formula is C52H80O15. The van der Waals surface area contributed by atoms with Crippen molar-refractivity contribution in [3.8, 4) is 0 Å². The Labute approximate surface area is 398 Å². The van der Waals surface area contributed by atoms with Crippen LogP contribution in [0.15, 0.2) is 59.3 Å². The number of hydrogen-bond acceptors (Lipinski definition) is 15. The fourth-order valence-electron chi connectivity index (χ4n) is 11.1. The molecule has 0 aromatic carbocycles. The van der Waals surface area contributed by atoms with Crippen LogP contribution < -0.4 is 0 Å². The van der Waals surface area contributed by atoms with Crippen LogP contribution in [-0.4, -0.2) is 151 Å². The van der Waals surface area contributed by atoms with Gasteiger partial charge in [-0.15, -0.1) is 0 Å². The van der Waals surface area contributed by atoms with Crippen LogP contribution in [0.3, 0.4) is 0 Å². The Kier molecular flexibility index (Phi) is 18.6. The van der Waals surface area contributed by atoms with E-state index in [0.717, 1.165) is 17.6 Å². The molecule has 7 aliphatic rings. The second-order valence-corrected chi connectivity index (χ2v) is 20.0. The maximum atomic E-state index is 14.4. The van der Waals surface area contributed by atoms with Gasteiger partial charge in [0.05, 0.1) is 74.6 Å². The highest BCUT2D eigenvalue weighted by molar-refractivity contribution is 5.76. The second-order valence-electron chi connectivity index (χ2n) is 20.0. The minimum absolute atomic E-state index is 0.0519. The van der Waals surface area contributed by atoms with Crippen LogP contribution in [0, 0.1) is 29.6 Å². The summed E-state index contributed by atoms with van der Waals surface area (Å²) >= 11 is 0. The predicted octanol–water partition coefficient (Wildman–Crippen LogP) is 6.91. The van der Waals surface area contributed by atoms with Gasteiger partial charge in [0.1, 0.15) is 31.2 Å². The first-order valence-corrected chi connectivity index (χ1v) is 24.8. The molecule has 1 aliphatic carbocycles. The first-order chi connectivity index (χ1) is 32.2. The Morgan fingerprint density at radius 3 is 2.30 bits per heavy atom. The second kappa shape index (κ2) is 23.7. The molecule has 6 aliphatic heterocycles. The van der Waals surface area contributed by atoms with E-state index in [-0.39, 0.29) is 73.2 Å². The molecule has 4 saturated heterocycles. The fraction of sp³-hybridized carbons (Fsp3) is 0.788. The lowest BCUT2D eigenvalue weighted by molar-refractivity contribution is -0.323. The van der Waals surface area contributed by atoms with Crippen LogP contribution in [0.5, 0.6) is 0 Å². The molecule has 2 bridgehead atoms. The summed E-state index contributed by atoms with van der Waals surface area (Å²) in [6.45, 7) is 17.9. The average molecular weight is 945 g/mol. The van der Waals surface area contributed by atoms with Gasteiger partial charge in [0.2, 0.25) is 0 Å². The highest BCUT2D eigenvalue weighted by atomic mass is 16.7. The lowest BCUT2D eigenvalue weighted by Gasteiger charge is -2.48. The third-order valence-corrected chi connectivity index (χ3v) is 15.1. The summed E-state index contributed by atoms with van der Waals surface area (Å²) in [5, 5.41) is 11.2. The molecule has 378 valence electrons. The molecule has 15 heteroatoms. The summed E-state index contributed by atoms with van der Waals surface area (Å²) in [4.78, 5) is 14.4. The van der Waals surface area contributed by atoms with Crippen molar-refractivity contribution >= 4 is 5.97 Å². The van der Waals surface area contributed by atoms with Crippen molar-refractivity contribution < 1.29 is 71.5 Å². The zero-order valence-corrected chi connectivity index (χ0v) is 41.7. The quantitative estimate of drug-likeness (QED) is 0.0829. The van der Waals surface area contributed by atoms with Crippen molar-refractivity contribution in [1.29, 1.82) is 0 Å². The molecular weight excluding hydrogens is 865 g/mol. The lowest BCUT2D eigenvalue weighted by Crippen LogP contribution is -2.55. The Morgan fingerprint density at radius 1 is 0.866 bits per heavy atom. The number of allylic oxidation sites excluding steroid dienone is 2. The zero-order valence-electron chi connectivity index (χ0n) is 41.7. The summed E-state index contributed by atoms with van der Waals surface area (Å²) in [5.41, 5.74) is 2.65. The van der Waals surface area contributed by atoms with E-state index in [1.165, 1.54) is 0 Å². The fourth-order valence-corrected chi connectivity index (χ4v) is 11.1. The largest absolute Gasteiger partial charge is 0.462 e. The van der Waals surface area contributed by atoms with Crippen LogP contribution in [-0.2, 0) is 66.4 Å². The summed E-state index contributed by atoms with van der Waals surface area (Å²) in [5.74, 6) is -1.96. The van der Waals surface area contributed by atoms with Gasteiger partial charge in [-0.05, 0) is 62.8 Å². The highest BCUT2D eigenvalue weighted by Gasteiger charge is 2.51. The topological polar surface area (TPSA) is 157 Å². The number of rotatable bonds is 14. The number of aliphatic hydroxyl groups excluding tert-OH is 1. The summed E-state index contributed by atoms with van der Waals surface area (Å²) < 4.78 is 81.8. The Bertz CT molecular complexity index is 1780. The number of hydrogen-bond donors (Lipinski definition) is 1. The molecule has 0 saturated carbocycles. The van der Waals surface area contributed by atoms with E-state index in [4.69, 9.17) is 61.6 Å². The van der Waals surface area contributed by atoms with E-state index in [1.807, 2.05) is 45.1 Å². The van der Waals surface area contributed by atoms with Gasteiger partial charge in [-0.25, -0.2) is 0 Å². The van der Waals surface area contributed by atoms with Gasteiger partial charge in [0.25, 0.3) is 0 Å². The van der Waals surface area contributed by atoms with Crippen LogP contribution in [0.4, 0.5) is 0 Å². The maximum absolute atomic E-state index is 14.4. The molecule has 0 aromatic rings. The van der Waals surface area contributed by atoms with Crippen molar-refractivity contribution in [2.75, 3.05) is 47.9 Å². The number of ether oxygens (including phenoxy) is 13. The molecule has 67 heavy (non-hydrogen) atoms. The van der Waals surface area contributed by atoms with Crippen LogP contribution in [0.25, 0.3) is 0 Å². The number of carbonyl (C=O) groups excluding carboxylic acids is 1. The molecule has 6 heterocycles. The van der Waals surface area contributed by atoms with Gasteiger partial charge in [-0.3, -0.25) is 4.79 Å². The van der Waals surface area contributed by atoms with Crippen LogP contribution in [0.1, 0.15) is 93.9 Å². The Balaban J connectivity index is 1.11.